The van der Waals surface area contributed by atoms with Crippen LogP contribution < -0.4 is 15.0 Å². The van der Waals surface area contributed by atoms with E-state index < -0.39 is 0 Å². The highest BCUT2D eigenvalue weighted by Crippen LogP contribution is 2.26. The molecule has 146 valence electrons. The van der Waals surface area contributed by atoms with Gasteiger partial charge in [-0.25, -0.2) is 9.97 Å². The van der Waals surface area contributed by atoms with Gasteiger partial charge in [0.1, 0.15) is 11.6 Å². The molecule has 9 heteroatoms. The van der Waals surface area contributed by atoms with E-state index in [0.717, 1.165) is 47.1 Å². The van der Waals surface area contributed by atoms with Crippen molar-refractivity contribution < 1.29 is 9.53 Å². The molecular formula is C19H22N6O2S. The summed E-state index contributed by atoms with van der Waals surface area (Å²) in [5, 5.41) is 8.08. The number of rotatable bonds is 5. The highest BCUT2D eigenvalue weighted by Gasteiger charge is 2.21. The number of carbonyl (C=O) groups is 1. The molecule has 0 saturated carbocycles. The number of hydrogen-bond acceptors (Lipinski definition) is 7. The number of carbonyl (C=O) groups excluding carboxylic acids is 1. The lowest BCUT2D eigenvalue weighted by Crippen LogP contribution is -2.34. The van der Waals surface area contributed by atoms with Crippen LogP contribution in [-0.2, 0) is 13.6 Å². The van der Waals surface area contributed by atoms with Crippen molar-refractivity contribution in [2.75, 3.05) is 36.6 Å². The topological polar surface area (TPSA) is 85.2 Å². The van der Waals surface area contributed by atoms with E-state index in [1.54, 1.807) is 18.0 Å². The van der Waals surface area contributed by atoms with E-state index in [4.69, 9.17) is 4.74 Å². The van der Waals surface area contributed by atoms with Crippen LogP contribution in [0.25, 0.3) is 11.0 Å². The van der Waals surface area contributed by atoms with Crippen LogP contribution in [0.4, 0.5) is 5.82 Å². The lowest BCUT2D eigenvalue weighted by atomic mass is 10.2. The van der Waals surface area contributed by atoms with Gasteiger partial charge in [0.2, 0.25) is 5.82 Å². The van der Waals surface area contributed by atoms with Crippen molar-refractivity contribution in [3.8, 4) is 5.75 Å². The number of anilines is 1. The van der Waals surface area contributed by atoms with E-state index in [2.05, 4.69) is 25.3 Å². The molecule has 0 aliphatic carbocycles. The van der Waals surface area contributed by atoms with E-state index in [9.17, 15) is 4.79 Å². The molecule has 0 bridgehead atoms. The molecule has 1 aromatic carbocycles. The van der Waals surface area contributed by atoms with Crippen LogP contribution in [0, 0.1) is 0 Å². The largest absolute Gasteiger partial charge is 0.497 e. The standard InChI is InChI=1S/C19H22N6O2S/c1-24-17-15(12-21-24)18(25-7-9-28-10-8-25)23-16(22-17)19(26)20-11-13-3-5-14(27-2)6-4-13/h3-6,12H,7-11H2,1-2H3,(H,20,26). The minimum absolute atomic E-state index is 0.165. The van der Waals surface area contributed by atoms with Crippen LogP contribution in [-0.4, -0.2) is 57.4 Å². The Hall–Kier alpha value is -2.81. The molecule has 3 heterocycles. The second-order valence-corrected chi connectivity index (χ2v) is 7.73. The van der Waals surface area contributed by atoms with Crippen LogP contribution in [0.3, 0.4) is 0 Å². The fourth-order valence-corrected chi connectivity index (χ4v) is 4.03. The molecule has 4 rings (SSSR count). The Morgan fingerprint density at radius 1 is 1.21 bits per heavy atom. The summed E-state index contributed by atoms with van der Waals surface area (Å²) >= 11 is 1.93. The zero-order chi connectivity index (χ0) is 19.5. The van der Waals surface area contributed by atoms with E-state index in [-0.39, 0.29) is 11.7 Å². The second-order valence-electron chi connectivity index (χ2n) is 6.51. The van der Waals surface area contributed by atoms with Gasteiger partial charge in [0, 0.05) is 38.2 Å². The highest BCUT2D eigenvalue weighted by molar-refractivity contribution is 7.99. The summed E-state index contributed by atoms with van der Waals surface area (Å²) in [7, 11) is 3.45. The number of benzene rings is 1. The van der Waals surface area contributed by atoms with E-state index >= 15 is 0 Å². The first-order valence-corrected chi connectivity index (χ1v) is 10.2. The number of amides is 1. The molecule has 3 aromatic rings. The number of ether oxygens (including phenoxy) is 1. The molecule has 8 nitrogen and oxygen atoms in total. The summed E-state index contributed by atoms with van der Waals surface area (Å²) in [5.74, 6) is 3.52. The quantitative estimate of drug-likeness (QED) is 0.702. The molecule has 1 aliphatic rings. The minimum atomic E-state index is -0.299. The summed E-state index contributed by atoms with van der Waals surface area (Å²) < 4.78 is 6.84. The summed E-state index contributed by atoms with van der Waals surface area (Å²) in [6.45, 7) is 2.20. The zero-order valence-corrected chi connectivity index (χ0v) is 16.7. The number of hydrogen-bond donors (Lipinski definition) is 1. The molecule has 1 N–H and O–H groups in total. The monoisotopic (exact) mass is 398 g/mol. The van der Waals surface area contributed by atoms with Crippen molar-refractivity contribution in [2.24, 2.45) is 7.05 Å². The van der Waals surface area contributed by atoms with Gasteiger partial charge in [0.15, 0.2) is 5.65 Å². The number of thioether (sulfide) groups is 1. The number of aryl methyl sites for hydroxylation is 1. The SMILES string of the molecule is COc1ccc(CNC(=O)c2nc(N3CCSCC3)c3cnn(C)c3n2)cc1. The number of fused-ring (bicyclic) bond motifs is 1. The van der Waals surface area contributed by atoms with Gasteiger partial charge in [-0.3, -0.25) is 9.48 Å². The fourth-order valence-electron chi connectivity index (χ4n) is 3.13. The Bertz CT molecular complexity index is 982. The average molecular weight is 398 g/mol. The number of methoxy groups -OCH3 is 1. The van der Waals surface area contributed by atoms with Crippen molar-refractivity contribution >= 4 is 34.5 Å². The predicted octanol–water partition coefficient (Wildman–Crippen LogP) is 1.86. The second kappa shape index (κ2) is 8.05. The Labute approximate surface area is 167 Å². The van der Waals surface area contributed by atoms with Gasteiger partial charge in [-0.15, -0.1) is 0 Å². The maximum absolute atomic E-state index is 12.7. The van der Waals surface area contributed by atoms with Crippen LogP contribution in [0.1, 0.15) is 16.2 Å². The molecule has 28 heavy (non-hydrogen) atoms. The van der Waals surface area contributed by atoms with E-state index in [1.807, 2.05) is 43.1 Å². The lowest BCUT2D eigenvalue weighted by Gasteiger charge is -2.27. The Balaban J connectivity index is 1.58. The van der Waals surface area contributed by atoms with Gasteiger partial charge in [0.05, 0.1) is 18.7 Å². The van der Waals surface area contributed by atoms with Gasteiger partial charge < -0.3 is 15.0 Å². The first-order chi connectivity index (χ1) is 13.7. The normalized spacial score (nSPS) is 14.3. The molecule has 0 spiro atoms. The fraction of sp³-hybridized carbons (Fsp3) is 0.368. The van der Waals surface area contributed by atoms with Gasteiger partial charge in [-0.05, 0) is 17.7 Å². The van der Waals surface area contributed by atoms with Crippen LogP contribution in [0.5, 0.6) is 5.75 Å². The first kappa shape index (κ1) is 18.5. The predicted molar refractivity (Wildman–Crippen MR) is 110 cm³/mol. The van der Waals surface area contributed by atoms with Crippen molar-refractivity contribution in [1.29, 1.82) is 0 Å². The number of nitrogens with zero attached hydrogens (tertiary/aromatic N) is 5. The zero-order valence-electron chi connectivity index (χ0n) is 15.9. The van der Waals surface area contributed by atoms with Gasteiger partial charge in [0.25, 0.3) is 5.91 Å². The highest BCUT2D eigenvalue weighted by atomic mass is 32.2. The number of aromatic nitrogens is 4. The Morgan fingerprint density at radius 2 is 1.96 bits per heavy atom. The summed E-state index contributed by atoms with van der Waals surface area (Å²) in [6.07, 6.45) is 1.77. The molecule has 0 unspecified atom stereocenters. The lowest BCUT2D eigenvalue weighted by molar-refractivity contribution is 0.0941. The van der Waals surface area contributed by atoms with Crippen molar-refractivity contribution in [1.82, 2.24) is 25.1 Å². The number of nitrogens with one attached hydrogen (secondary N) is 1. The first-order valence-electron chi connectivity index (χ1n) is 9.09. The van der Waals surface area contributed by atoms with E-state index in [0.29, 0.717) is 12.2 Å². The Kier molecular flexibility index (Phi) is 5.34. The minimum Gasteiger partial charge on any atom is -0.497 e. The van der Waals surface area contributed by atoms with Gasteiger partial charge >= 0.3 is 0 Å². The van der Waals surface area contributed by atoms with E-state index in [1.165, 1.54) is 0 Å². The molecule has 1 amide bonds. The molecular weight excluding hydrogens is 376 g/mol. The van der Waals surface area contributed by atoms with Crippen molar-refractivity contribution in [3.63, 3.8) is 0 Å². The van der Waals surface area contributed by atoms with Crippen molar-refractivity contribution in [2.45, 2.75) is 6.54 Å². The molecule has 1 saturated heterocycles. The molecule has 2 aromatic heterocycles. The average Bonchev–Trinajstić information content (AvgIpc) is 3.13. The summed E-state index contributed by atoms with van der Waals surface area (Å²) in [5.41, 5.74) is 1.64. The Morgan fingerprint density at radius 3 is 2.68 bits per heavy atom. The van der Waals surface area contributed by atoms with Crippen LogP contribution >= 0.6 is 11.8 Å². The molecule has 0 radical (unpaired) electrons. The maximum atomic E-state index is 12.7. The van der Waals surface area contributed by atoms with Gasteiger partial charge in [-0.1, -0.05) is 12.1 Å². The third-order valence-electron chi connectivity index (χ3n) is 4.70. The smallest absolute Gasteiger partial charge is 0.289 e. The van der Waals surface area contributed by atoms with Crippen LogP contribution in [0.2, 0.25) is 0 Å². The molecule has 0 atom stereocenters. The molecule has 1 fully saturated rings. The summed E-state index contributed by atoms with van der Waals surface area (Å²) in [6, 6.07) is 7.57. The van der Waals surface area contributed by atoms with Gasteiger partial charge in [-0.2, -0.15) is 16.9 Å². The third-order valence-corrected chi connectivity index (χ3v) is 5.64. The van der Waals surface area contributed by atoms with Crippen LogP contribution in [0.15, 0.2) is 30.5 Å². The van der Waals surface area contributed by atoms with Crippen molar-refractivity contribution in [3.05, 3.63) is 41.9 Å². The third kappa shape index (κ3) is 3.75. The summed E-state index contributed by atoms with van der Waals surface area (Å²) in [4.78, 5) is 24.0. The maximum Gasteiger partial charge on any atom is 0.289 e. The molecule has 1 aliphatic heterocycles.